The van der Waals surface area contributed by atoms with Crippen LogP contribution in [0.25, 0.3) is 0 Å². The standard InChI is InChI=1S/C16H24FNO4S2/c1-4-5-8-18(3)14-10-23(19,20)11-16(14)24(21,22)15-7-6-13(17)9-12(15)2/h6-7,9,14,16H,4-5,8,10-11H2,1-3H3/t14-,16-/m0/s1. The van der Waals surface area contributed by atoms with Crippen molar-refractivity contribution in [1.29, 1.82) is 0 Å². The molecule has 0 aromatic heterocycles. The van der Waals surface area contributed by atoms with Crippen LogP contribution in [0, 0.1) is 12.7 Å². The van der Waals surface area contributed by atoms with Gasteiger partial charge in [0.2, 0.25) is 0 Å². The zero-order valence-electron chi connectivity index (χ0n) is 14.2. The van der Waals surface area contributed by atoms with E-state index in [-0.39, 0.29) is 16.4 Å². The maximum Gasteiger partial charge on any atom is 0.184 e. The molecule has 0 amide bonds. The third kappa shape index (κ3) is 3.97. The molecule has 0 aliphatic carbocycles. The maximum absolute atomic E-state index is 13.3. The lowest BCUT2D eigenvalue weighted by Gasteiger charge is -2.28. The molecule has 2 rings (SSSR count). The van der Waals surface area contributed by atoms with Crippen LogP contribution in [0.5, 0.6) is 0 Å². The van der Waals surface area contributed by atoms with Gasteiger partial charge in [-0.2, -0.15) is 0 Å². The lowest BCUT2D eigenvalue weighted by atomic mass is 10.2. The highest BCUT2D eigenvalue weighted by Gasteiger charge is 2.47. The molecular weight excluding hydrogens is 353 g/mol. The Morgan fingerprint density at radius 3 is 2.54 bits per heavy atom. The first-order chi connectivity index (χ1) is 11.1. The Kier molecular flexibility index (Phi) is 5.71. The van der Waals surface area contributed by atoms with Gasteiger partial charge < -0.3 is 4.90 Å². The monoisotopic (exact) mass is 377 g/mol. The van der Waals surface area contributed by atoms with Gasteiger partial charge in [-0.1, -0.05) is 13.3 Å². The second-order valence-corrected chi connectivity index (χ2v) is 10.8. The van der Waals surface area contributed by atoms with E-state index in [1.165, 1.54) is 13.0 Å². The minimum atomic E-state index is -3.86. The quantitative estimate of drug-likeness (QED) is 0.707. The molecule has 5 nitrogen and oxygen atoms in total. The SMILES string of the molecule is CCCCN(C)[C@H]1CS(=O)(=O)C[C@@H]1S(=O)(=O)c1ccc(F)cc1C. The molecule has 0 unspecified atom stereocenters. The van der Waals surface area contributed by atoms with Crippen molar-refractivity contribution >= 4 is 19.7 Å². The zero-order chi connectivity index (χ0) is 18.1. The van der Waals surface area contributed by atoms with Crippen molar-refractivity contribution in [1.82, 2.24) is 4.90 Å². The average Bonchev–Trinajstić information content (AvgIpc) is 2.81. The predicted molar refractivity (Wildman–Crippen MR) is 92.1 cm³/mol. The fourth-order valence-electron chi connectivity index (χ4n) is 3.17. The van der Waals surface area contributed by atoms with Gasteiger partial charge in [-0.3, -0.25) is 0 Å². The van der Waals surface area contributed by atoms with Crippen LogP contribution in [0.15, 0.2) is 23.1 Å². The zero-order valence-corrected chi connectivity index (χ0v) is 15.8. The average molecular weight is 378 g/mol. The smallest absolute Gasteiger partial charge is 0.184 e. The largest absolute Gasteiger partial charge is 0.301 e. The van der Waals surface area contributed by atoms with E-state index in [0.717, 1.165) is 25.0 Å². The number of nitrogens with zero attached hydrogens (tertiary/aromatic N) is 1. The number of rotatable bonds is 6. The summed E-state index contributed by atoms with van der Waals surface area (Å²) in [5.41, 5.74) is 0.300. The van der Waals surface area contributed by atoms with E-state index < -0.39 is 36.8 Å². The van der Waals surface area contributed by atoms with Crippen LogP contribution in [0.2, 0.25) is 0 Å². The summed E-state index contributed by atoms with van der Waals surface area (Å²) in [6, 6.07) is 2.91. The van der Waals surface area contributed by atoms with Gasteiger partial charge >= 0.3 is 0 Å². The molecule has 1 aromatic rings. The summed E-state index contributed by atoms with van der Waals surface area (Å²) < 4.78 is 63.5. The second kappa shape index (κ2) is 7.09. The maximum atomic E-state index is 13.3. The van der Waals surface area contributed by atoms with Crippen LogP contribution in [-0.4, -0.2) is 58.1 Å². The van der Waals surface area contributed by atoms with Crippen molar-refractivity contribution in [3.05, 3.63) is 29.6 Å². The predicted octanol–water partition coefficient (Wildman–Crippen LogP) is 1.81. The number of unbranched alkanes of at least 4 members (excludes halogenated alkanes) is 1. The Hall–Kier alpha value is -0.990. The summed E-state index contributed by atoms with van der Waals surface area (Å²) in [4.78, 5) is 1.84. The molecule has 136 valence electrons. The molecule has 1 aliphatic heterocycles. The number of benzene rings is 1. The molecular formula is C16H24FNO4S2. The molecule has 0 saturated carbocycles. The van der Waals surface area contributed by atoms with Crippen LogP contribution >= 0.6 is 0 Å². The van der Waals surface area contributed by atoms with Gasteiger partial charge in [0.25, 0.3) is 0 Å². The van der Waals surface area contributed by atoms with Gasteiger partial charge in [-0.05, 0) is 50.7 Å². The van der Waals surface area contributed by atoms with Gasteiger partial charge in [0.15, 0.2) is 19.7 Å². The third-order valence-corrected chi connectivity index (χ3v) is 8.82. The molecule has 8 heteroatoms. The van der Waals surface area contributed by atoms with E-state index in [1.54, 1.807) is 7.05 Å². The van der Waals surface area contributed by atoms with Crippen LogP contribution in [0.4, 0.5) is 4.39 Å². The van der Waals surface area contributed by atoms with Gasteiger partial charge in [0, 0.05) is 6.04 Å². The highest BCUT2D eigenvalue weighted by atomic mass is 32.2. The molecule has 1 heterocycles. The lowest BCUT2D eigenvalue weighted by Crippen LogP contribution is -2.44. The molecule has 0 radical (unpaired) electrons. The van der Waals surface area contributed by atoms with E-state index in [1.807, 2.05) is 11.8 Å². The Bertz CT molecular complexity index is 805. The molecule has 1 saturated heterocycles. The minimum absolute atomic E-state index is 0.0138. The molecule has 2 atom stereocenters. The molecule has 1 fully saturated rings. The highest BCUT2D eigenvalue weighted by Crippen LogP contribution is 2.30. The van der Waals surface area contributed by atoms with Crippen molar-refractivity contribution < 1.29 is 21.2 Å². The Morgan fingerprint density at radius 2 is 1.96 bits per heavy atom. The number of sulfone groups is 2. The van der Waals surface area contributed by atoms with E-state index in [9.17, 15) is 21.2 Å². The third-order valence-electron chi connectivity index (χ3n) is 4.54. The van der Waals surface area contributed by atoms with Crippen molar-refractivity contribution in [2.45, 2.75) is 42.9 Å². The fourth-order valence-corrected chi connectivity index (χ4v) is 8.31. The van der Waals surface area contributed by atoms with Crippen LogP contribution in [0.1, 0.15) is 25.3 Å². The first-order valence-corrected chi connectivity index (χ1v) is 11.4. The van der Waals surface area contributed by atoms with E-state index in [2.05, 4.69) is 0 Å². The molecule has 0 bridgehead atoms. The fraction of sp³-hybridized carbons (Fsp3) is 0.625. The van der Waals surface area contributed by atoms with E-state index in [4.69, 9.17) is 0 Å². The van der Waals surface area contributed by atoms with Gasteiger partial charge in [0.05, 0.1) is 21.7 Å². The first kappa shape index (κ1) is 19.3. The van der Waals surface area contributed by atoms with Gasteiger partial charge in [-0.25, -0.2) is 21.2 Å². The van der Waals surface area contributed by atoms with E-state index >= 15 is 0 Å². The molecule has 1 aliphatic rings. The van der Waals surface area contributed by atoms with Crippen molar-refractivity contribution in [2.75, 3.05) is 25.1 Å². The summed E-state index contributed by atoms with van der Waals surface area (Å²) in [7, 11) is -5.52. The number of hydrogen-bond donors (Lipinski definition) is 0. The topological polar surface area (TPSA) is 71.5 Å². The van der Waals surface area contributed by atoms with Gasteiger partial charge in [0.1, 0.15) is 5.82 Å². The Balaban J connectivity index is 2.42. The summed E-state index contributed by atoms with van der Waals surface area (Å²) >= 11 is 0. The van der Waals surface area contributed by atoms with Crippen LogP contribution < -0.4 is 0 Å². The summed E-state index contributed by atoms with van der Waals surface area (Å²) in [5, 5.41) is -1.02. The van der Waals surface area contributed by atoms with Crippen molar-refractivity contribution in [3.8, 4) is 0 Å². The molecule has 0 N–H and O–H groups in total. The summed E-state index contributed by atoms with van der Waals surface area (Å²) in [6.45, 7) is 4.19. The highest BCUT2D eigenvalue weighted by molar-refractivity contribution is 7.96. The summed E-state index contributed by atoms with van der Waals surface area (Å²) in [6.07, 6.45) is 1.81. The number of aryl methyl sites for hydroxylation is 1. The Morgan fingerprint density at radius 1 is 1.29 bits per heavy atom. The molecule has 0 spiro atoms. The van der Waals surface area contributed by atoms with Crippen molar-refractivity contribution in [2.24, 2.45) is 0 Å². The van der Waals surface area contributed by atoms with Crippen molar-refractivity contribution in [3.63, 3.8) is 0 Å². The molecule has 1 aromatic carbocycles. The molecule has 24 heavy (non-hydrogen) atoms. The van der Waals surface area contributed by atoms with Gasteiger partial charge in [-0.15, -0.1) is 0 Å². The second-order valence-electron chi connectivity index (χ2n) is 6.47. The lowest BCUT2D eigenvalue weighted by molar-refractivity contribution is 0.259. The Labute approximate surface area is 143 Å². The number of hydrogen-bond acceptors (Lipinski definition) is 5. The first-order valence-electron chi connectivity index (χ1n) is 7.99. The summed E-state index contributed by atoms with van der Waals surface area (Å²) in [5.74, 6) is -1.05. The van der Waals surface area contributed by atoms with Crippen LogP contribution in [-0.2, 0) is 19.7 Å². The van der Waals surface area contributed by atoms with E-state index in [0.29, 0.717) is 12.1 Å². The normalized spacial score (nSPS) is 23.7. The number of halogens is 1. The van der Waals surface area contributed by atoms with Crippen LogP contribution in [0.3, 0.4) is 0 Å². The minimum Gasteiger partial charge on any atom is -0.301 e.